The maximum absolute atomic E-state index is 11.6. The van der Waals surface area contributed by atoms with Crippen molar-refractivity contribution in [2.75, 3.05) is 18.2 Å². The van der Waals surface area contributed by atoms with Gasteiger partial charge in [0.1, 0.15) is 11.4 Å². The van der Waals surface area contributed by atoms with Crippen molar-refractivity contribution in [1.82, 2.24) is 0 Å². The van der Waals surface area contributed by atoms with E-state index in [4.69, 9.17) is 4.74 Å². The van der Waals surface area contributed by atoms with Crippen LogP contribution in [-0.2, 0) is 9.84 Å². The molecular weight excluding hydrogens is 320 g/mol. The van der Waals surface area contributed by atoms with E-state index in [1.807, 2.05) is 6.92 Å². The minimum absolute atomic E-state index is 0.104. The molecule has 0 radical (unpaired) electrons. The number of benzene rings is 2. The van der Waals surface area contributed by atoms with Gasteiger partial charge in [-0.15, -0.1) is 0 Å². The van der Waals surface area contributed by atoms with Gasteiger partial charge in [0.2, 0.25) is 0 Å². The number of nitrogens with one attached hydrogen (secondary N) is 1. The first-order valence-corrected chi connectivity index (χ1v) is 8.69. The number of hydrogen-bond donors (Lipinski definition) is 1. The molecule has 2 aromatic carbocycles. The molecule has 0 aromatic heterocycles. The van der Waals surface area contributed by atoms with Crippen LogP contribution in [0.15, 0.2) is 47.4 Å². The molecule has 0 amide bonds. The summed E-state index contributed by atoms with van der Waals surface area (Å²) in [5.41, 5.74) is 0.429. The van der Waals surface area contributed by atoms with Crippen LogP contribution < -0.4 is 10.1 Å². The Morgan fingerprint density at radius 1 is 1.17 bits per heavy atom. The standard InChI is InChI=1S/C15H16N2O5S/c1-3-22-15-7-5-4-6-13(15)16-12-9-8-11(23(2,20)21)10-14(12)17(18)19/h4-10,16H,3H2,1-2H3. The number of sulfone groups is 1. The van der Waals surface area contributed by atoms with Gasteiger partial charge >= 0.3 is 0 Å². The van der Waals surface area contributed by atoms with Crippen LogP contribution in [0.1, 0.15) is 6.92 Å². The first-order valence-electron chi connectivity index (χ1n) is 6.80. The third-order valence-corrected chi connectivity index (χ3v) is 4.16. The molecule has 0 unspecified atom stereocenters. The highest BCUT2D eigenvalue weighted by molar-refractivity contribution is 7.90. The maximum atomic E-state index is 11.6. The Labute approximate surface area is 134 Å². The highest BCUT2D eigenvalue weighted by Gasteiger charge is 2.19. The number of hydrogen-bond acceptors (Lipinski definition) is 6. The van der Waals surface area contributed by atoms with Crippen LogP contribution in [-0.4, -0.2) is 26.2 Å². The van der Waals surface area contributed by atoms with Crippen LogP contribution in [0.3, 0.4) is 0 Å². The molecule has 0 saturated carbocycles. The zero-order chi connectivity index (χ0) is 17.0. The van der Waals surface area contributed by atoms with Gasteiger partial charge in [-0.2, -0.15) is 0 Å². The summed E-state index contributed by atoms with van der Waals surface area (Å²) in [6.07, 6.45) is 1.00. The predicted molar refractivity (Wildman–Crippen MR) is 87.1 cm³/mol. The van der Waals surface area contributed by atoms with E-state index in [0.717, 1.165) is 12.3 Å². The van der Waals surface area contributed by atoms with Gasteiger partial charge in [-0.25, -0.2) is 8.42 Å². The Morgan fingerprint density at radius 2 is 1.87 bits per heavy atom. The van der Waals surface area contributed by atoms with Crippen molar-refractivity contribution in [3.63, 3.8) is 0 Å². The fraction of sp³-hybridized carbons (Fsp3) is 0.200. The quantitative estimate of drug-likeness (QED) is 0.643. The third kappa shape index (κ3) is 3.98. The van der Waals surface area contributed by atoms with Gasteiger partial charge in [-0.3, -0.25) is 10.1 Å². The summed E-state index contributed by atoms with van der Waals surface area (Å²) in [6.45, 7) is 2.29. The minimum Gasteiger partial charge on any atom is -0.492 e. The molecule has 0 spiro atoms. The Morgan fingerprint density at radius 3 is 2.48 bits per heavy atom. The summed E-state index contributed by atoms with van der Waals surface area (Å²) in [6, 6.07) is 10.8. The molecule has 0 fully saturated rings. The van der Waals surface area contributed by atoms with E-state index in [0.29, 0.717) is 18.0 Å². The highest BCUT2D eigenvalue weighted by Crippen LogP contribution is 2.33. The molecule has 0 heterocycles. The molecule has 23 heavy (non-hydrogen) atoms. The number of ether oxygens (including phenoxy) is 1. The summed E-state index contributed by atoms with van der Waals surface area (Å²) in [7, 11) is -3.52. The molecule has 0 saturated heterocycles. The first-order chi connectivity index (χ1) is 10.8. The molecule has 2 aromatic rings. The topological polar surface area (TPSA) is 98.5 Å². The van der Waals surface area contributed by atoms with Crippen molar-refractivity contribution in [3.05, 3.63) is 52.6 Å². The van der Waals surface area contributed by atoms with Gasteiger partial charge in [0.05, 0.1) is 22.1 Å². The average molecular weight is 336 g/mol. The Hall–Kier alpha value is -2.61. The monoisotopic (exact) mass is 336 g/mol. The largest absolute Gasteiger partial charge is 0.492 e. The fourth-order valence-corrected chi connectivity index (χ4v) is 2.64. The Bertz CT molecular complexity index is 834. The van der Waals surface area contributed by atoms with Crippen LogP contribution in [0.2, 0.25) is 0 Å². The lowest BCUT2D eigenvalue weighted by molar-refractivity contribution is -0.384. The van der Waals surface area contributed by atoms with E-state index in [1.54, 1.807) is 24.3 Å². The van der Waals surface area contributed by atoms with Crippen molar-refractivity contribution < 1.29 is 18.1 Å². The Balaban J connectivity index is 2.46. The van der Waals surface area contributed by atoms with Crippen molar-refractivity contribution in [2.45, 2.75) is 11.8 Å². The van der Waals surface area contributed by atoms with Gasteiger partial charge < -0.3 is 10.1 Å². The van der Waals surface area contributed by atoms with E-state index in [-0.39, 0.29) is 16.3 Å². The molecular formula is C15H16N2O5S. The fourth-order valence-electron chi connectivity index (χ4n) is 2.00. The van der Waals surface area contributed by atoms with Crippen molar-refractivity contribution in [1.29, 1.82) is 0 Å². The van der Waals surface area contributed by atoms with E-state index < -0.39 is 14.8 Å². The van der Waals surface area contributed by atoms with Crippen LogP contribution in [0.25, 0.3) is 0 Å². The molecule has 0 aliphatic carbocycles. The van der Waals surface area contributed by atoms with E-state index in [1.165, 1.54) is 12.1 Å². The summed E-state index contributed by atoms with van der Waals surface area (Å²) in [5.74, 6) is 0.552. The highest BCUT2D eigenvalue weighted by atomic mass is 32.2. The normalized spacial score (nSPS) is 11.0. The molecule has 0 aliphatic heterocycles. The summed E-state index contributed by atoms with van der Waals surface area (Å²) in [4.78, 5) is 10.5. The van der Waals surface area contributed by atoms with E-state index in [9.17, 15) is 18.5 Å². The molecule has 2 rings (SSSR count). The summed E-state index contributed by atoms with van der Waals surface area (Å²) < 4.78 is 28.6. The average Bonchev–Trinajstić information content (AvgIpc) is 2.48. The second kappa shape index (κ2) is 6.66. The number of para-hydroxylation sites is 2. The number of rotatable bonds is 6. The zero-order valence-corrected chi connectivity index (χ0v) is 13.5. The van der Waals surface area contributed by atoms with Crippen molar-refractivity contribution in [2.24, 2.45) is 0 Å². The molecule has 8 heteroatoms. The minimum atomic E-state index is -3.52. The SMILES string of the molecule is CCOc1ccccc1Nc1ccc(S(C)(=O)=O)cc1[N+](=O)[O-]. The van der Waals surface area contributed by atoms with Gasteiger partial charge in [0.25, 0.3) is 5.69 Å². The van der Waals surface area contributed by atoms with E-state index >= 15 is 0 Å². The van der Waals surface area contributed by atoms with Crippen LogP contribution in [0.5, 0.6) is 5.75 Å². The second-order valence-corrected chi connectivity index (χ2v) is 6.78. The molecule has 122 valence electrons. The molecule has 7 nitrogen and oxygen atoms in total. The summed E-state index contributed by atoms with van der Waals surface area (Å²) in [5, 5.41) is 14.2. The van der Waals surface area contributed by atoms with Gasteiger partial charge in [0.15, 0.2) is 9.84 Å². The maximum Gasteiger partial charge on any atom is 0.293 e. The number of anilines is 2. The predicted octanol–water partition coefficient (Wildman–Crippen LogP) is 3.14. The van der Waals surface area contributed by atoms with Crippen LogP contribution >= 0.6 is 0 Å². The lowest BCUT2D eigenvalue weighted by atomic mass is 10.2. The summed E-state index contributed by atoms with van der Waals surface area (Å²) >= 11 is 0. The van der Waals surface area contributed by atoms with Gasteiger partial charge in [-0.1, -0.05) is 12.1 Å². The number of nitro benzene ring substituents is 1. The Kier molecular flexibility index (Phi) is 4.85. The number of nitro groups is 1. The first kappa shape index (κ1) is 16.8. The second-order valence-electron chi connectivity index (χ2n) is 4.76. The molecule has 0 atom stereocenters. The molecule has 0 aliphatic rings. The number of nitrogens with zero attached hydrogens (tertiary/aromatic N) is 1. The lowest BCUT2D eigenvalue weighted by Crippen LogP contribution is -2.03. The van der Waals surface area contributed by atoms with Crippen molar-refractivity contribution in [3.8, 4) is 5.75 Å². The molecule has 1 N–H and O–H groups in total. The van der Waals surface area contributed by atoms with E-state index in [2.05, 4.69) is 5.32 Å². The lowest BCUT2D eigenvalue weighted by Gasteiger charge is -2.12. The van der Waals surface area contributed by atoms with Gasteiger partial charge in [-0.05, 0) is 31.2 Å². The smallest absolute Gasteiger partial charge is 0.293 e. The van der Waals surface area contributed by atoms with Crippen LogP contribution in [0, 0.1) is 10.1 Å². The molecule has 0 bridgehead atoms. The van der Waals surface area contributed by atoms with Crippen molar-refractivity contribution >= 4 is 26.9 Å². The van der Waals surface area contributed by atoms with Crippen LogP contribution in [0.4, 0.5) is 17.1 Å². The zero-order valence-electron chi connectivity index (χ0n) is 12.6. The third-order valence-electron chi connectivity index (χ3n) is 3.05. The van der Waals surface area contributed by atoms with Gasteiger partial charge in [0, 0.05) is 12.3 Å².